The molecule has 0 bridgehead atoms. The number of nitrogens with zero attached hydrogens (tertiary/aromatic N) is 1. The summed E-state index contributed by atoms with van der Waals surface area (Å²) in [6.07, 6.45) is 2.11. The van der Waals surface area contributed by atoms with Gasteiger partial charge in [-0.2, -0.15) is 5.10 Å². The molecule has 0 aliphatic heterocycles. The second kappa shape index (κ2) is 11.7. The molecular formula is C21H23BrN4O4. The third-order valence-corrected chi connectivity index (χ3v) is 4.68. The van der Waals surface area contributed by atoms with Crippen LogP contribution in [-0.4, -0.2) is 37.1 Å². The number of hydrogen-bond donors (Lipinski definition) is 3. The highest BCUT2D eigenvalue weighted by molar-refractivity contribution is 9.10. The smallest absolute Gasteiger partial charge is 0.329 e. The molecule has 2 rings (SSSR count). The lowest BCUT2D eigenvalue weighted by Gasteiger charge is -2.09. The molecular weight excluding hydrogens is 452 g/mol. The Labute approximate surface area is 183 Å². The Morgan fingerprint density at radius 2 is 1.93 bits per heavy atom. The van der Waals surface area contributed by atoms with Gasteiger partial charge in [-0.1, -0.05) is 35.0 Å². The van der Waals surface area contributed by atoms with Crippen LogP contribution in [0.25, 0.3) is 0 Å². The molecule has 30 heavy (non-hydrogen) atoms. The van der Waals surface area contributed by atoms with E-state index in [1.165, 1.54) is 6.21 Å². The Balaban J connectivity index is 1.84. The summed E-state index contributed by atoms with van der Waals surface area (Å²) in [5.74, 6) is -1.40. The molecule has 3 amide bonds. The Morgan fingerprint density at radius 1 is 1.13 bits per heavy atom. The van der Waals surface area contributed by atoms with Gasteiger partial charge in [0.1, 0.15) is 5.75 Å². The van der Waals surface area contributed by atoms with E-state index < -0.39 is 11.8 Å². The summed E-state index contributed by atoms with van der Waals surface area (Å²) < 4.78 is 6.48. The number of carbonyl (C=O) groups is 3. The minimum absolute atomic E-state index is 0.163. The molecule has 158 valence electrons. The molecule has 0 heterocycles. The molecule has 0 fully saturated rings. The molecule has 0 atom stereocenters. The fraction of sp³-hybridized carbons (Fsp3) is 0.238. The van der Waals surface area contributed by atoms with Crippen LogP contribution in [0, 0.1) is 6.92 Å². The molecule has 9 heteroatoms. The van der Waals surface area contributed by atoms with Crippen molar-refractivity contribution in [2.45, 2.75) is 20.3 Å². The average Bonchev–Trinajstić information content (AvgIpc) is 2.73. The monoisotopic (exact) mass is 474 g/mol. The number of anilines is 1. The van der Waals surface area contributed by atoms with Gasteiger partial charge in [0.2, 0.25) is 0 Å². The van der Waals surface area contributed by atoms with Gasteiger partial charge in [-0.15, -0.1) is 0 Å². The number of ether oxygens (including phenoxy) is 1. The molecule has 0 saturated heterocycles. The van der Waals surface area contributed by atoms with Crippen LogP contribution in [0.2, 0.25) is 0 Å². The average molecular weight is 475 g/mol. The van der Waals surface area contributed by atoms with Crippen LogP contribution in [0.3, 0.4) is 0 Å². The molecule has 8 nitrogen and oxygen atoms in total. The predicted molar refractivity (Wildman–Crippen MR) is 118 cm³/mol. The number of halogens is 1. The van der Waals surface area contributed by atoms with Crippen molar-refractivity contribution in [3.63, 3.8) is 0 Å². The van der Waals surface area contributed by atoms with Gasteiger partial charge in [-0.25, -0.2) is 5.43 Å². The van der Waals surface area contributed by atoms with Crippen LogP contribution >= 0.6 is 15.9 Å². The van der Waals surface area contributed by atoms with E-state index in [4.69, 9.17) is 4.74 Å². The van der Waals surface area contributed by atoms with E-state index in [1.54, 1.807) is 30.3 Å². The van der Waals surface area contributed by atoms with E-state index in [0.717, 1.165) is 16.5 Å². The Hall–Kier alpha value is -3.20. The summed E-state index contributed by atoms with van der Waals surface area (Å²) in [7, 11) is 0. The molecule has 0 saturated carbocycles. The van der Waals surface area contributed by atoms with Crippen LogP contribution in [0.1, 0.15) is 24.5 Å². The van der Waals surface area contributed by atoms with Crippen LogP contribution in [-0.2, 0) is 14.4 Å². The molecule has 0 unspecified atom stereocenters. The summed E-state index contributed by atoms with van der Waals surface area (Å²) in [4.78, 5) is 35.1. The van der Waals surface area contributed by atoms with Crippen molar-refractivity contribution in [3.8, 4) is 5.75 Å². The van der Waals surface area contributed by atoms with Crippen molar-refractivity contribution >= 4 is 45.6 Å². The third-order valence-electron chi connectivity index (χ3n) is 3.79. The number of carbonyl (C=O) groups excluding carboxylic acids is 3. The topological polar surface area (TPSA) is 109 Å². The van der Waals surface area contributed by atoms with Crippen molar-refractivity contribution in [2.24, 2.45) is 5.10 Å². The summed E-state index contributed by atoms with van der Waals surface area (Å²) in [5, 5.41) is 8.98. The fourth-order valence-corrected chi connectivity index (χ4v) is 2.53. The van der Waals surface area contributed by atoms with Crippen molar-refractivity contribution in [1.82, 2.24) is 10.7 Å². The number of benzene rings is 2. The van der Waals surface area contributed by atoms with Gasteiger partial charge < -0.3 is 15.4 Å². The third kappa shape index (κ3) is 7.67. The molecule has 2 aromatic carbocycles. The van der Waals surface area contributed by atoms with E-state index in [9.17, 15) is 14.4 Å². The largest absolute Gasteiger partial charge is 0.484 e. The summed E-state index contributed by atoms with van der Waals surface area (Å²) in [6.45, 7) is 4.08. The zero-order valence-corrected chi connectivity index (χ0v) is 18.3. The normalized spacial score (nSPS) is 10.5. The predicted octanol–water partition coefficient (Wildman–Crippen LogP) is 2.75. The van der Waals surface area contributed by atoms with Gasteiger partial charge in [0.25, 0.3) is 5.91 Å². The zero-order valence-electron chi connectivity index (χ0n) is 16.7. The number of rotatable bonds is 8. The molecule has 0 aliphatic rings. The number of hydrazone groups is 1. The minimum Gasteiger partial charge on any atom is -0.484 e. The maximum atomic E-state index is 12.1. The summed E-state index contributed by atoms with van der Waals surface area (Å²) in [5.41, 5.74) is 4.48. The molecule has 0 radical (unpaired) electrons. The van der Waals surface area contributed by atoms with Gasteiger partial charge in [0.05, 0.1) is 6.21 Å². The van der Waals surface area contributed by atoms with Gasteiger partial charge in [0, 0.05) is 16.7 Å². The lowest BCUT2D eigenvalue weighted by atomic mass is 10.2. The van der Waals surface area contributed by atoms with E-state index in [0.29, 0.717) is 23.5 Å². The maximum Gasteiger partial charge on any atom is 0.329 e. The zero-order chi connectivity index (χ0) is 21.9. The van der Waals surface area contributed by atoms with E-state index >= 15 is 0 Å². The molecule has 2 aromatic rings. The lowest BCUT2D eigenvalue weighted by Crippen LogP contribution is -2.38. The SMILES string of the molecule is CCCNC(=O)C(=O)N/N=C\c1cccc(OCC(=O)Nc2ccc(Br)c(C)c2)c1. The van der Waals surface area contributed by atoms with E-state index in [2.05, 4.69) is 37.1 Å². The number of aryl methyl sites for hydroxylation is 1. The Morgan fingerprint density at radius 3 is 2.67 bits per heavy atom. The maximum absolute atomic E-state index is 12.1. The van der Waals surface area contributed by atoms with Crippen molar-refractivity contribution in [3.05, 3.63) is 58.1 Å². The van der Waals surface area contributed by atoms with Crippen molar-refractivity contribution in [2.75, 3.05) is 18.5 Å². The second-order valence-corrected chi connectivity index (χ2v) is 7.18. The highest BCUT2D eigenvalue weighted by atomic mass is 79.9. The molecule has 0 spiro atoms. The number of hydrogen-bond acceptors (Lipinski definition) is 5. The summed E-state index contributed by atoms with van der Waals surface area (Å²) in [6, 6.07) is 12.3. The number of nitrogens with one attached hydrogen (secondary N) is 3. The highest BCUT2D eigenvalue weighted by Gasteiger charge is 2.10. The Kier molecular flexibility index (Phi) is 9.02. The van der Waals surface area contributed by atoms with Crippen LogP contribution < -0.4 is 20.8 Å². The lowest BCUT2D eigenvalue weighted by molar-refractivity contribution is -0.139. The number of amides is 3. The fourth-order valence-electron chi connectivity index (χ4n) is 2.29. The molecule has 0 aromatic heterocycles. The van der Waals surface area contributed by atoms with Crippen LogP contribution in [0.5, 0.6) is 5.75 Å². The molecule has 0 aliphatic carbocycles. The first-order chi connectivity index (χ1) is 14.4. The van der Waals surface area contributed by atoms with Gasteiger partial charge in [-0.05, 0) is 54.8 Å². The highest BCUT2D eigenvalue weighted by Crippen LogP contribution is 2.20. The first kappa shape index (κ1) is 23.1. The summed E-state index contributed by atoms with van der Waals surface area (Å²) >= 11 is 3.42. The minimum atomic E-state index is -0.841. The first-order valence-corrected chi connectivity index (χ1v) is 10.1. The second-order valence-electron chi connectivity index (χ2n) is 6.33. The van der Waals surface area contributed by atoms with Crippen LogP contribution in [0.4, 0.5) is 5.69 Å². The first-order valence-electron chi connectivity index (χ1n) is 9.29. The van der Waals surface area contributed by atoms with Crippen molar-refractivity contribution < 1.29 is 19.1 Å². The van der Waals surface area contributed by atoms with Gasteiger partial charge >= 0.3 is 11.8 Å². The van der Waals surface area contributed by atoms with E-state index in [-0.39, 0.29) is 12.5 Å². The molecule has 3 N–H and O–H groups in total. The van der Waals surface area contributed by atoms with Crippen LogP contribution in [0.15, 0.2) is 52.0 Å². The Bertz CT molecular complexity index is 946. The standard InChI is InChI=1S/C21H23BrN4O4/c1-3-9-23-20(28)21(29)26-24-12-15-5-4-6-17(11-15)30-13-19(27)25-16-7-8-18(22)14(2)10-16/h4-8,10-12H,3,9,13H2,1-2H3,(H,23,28)(H,25,27)(H,26,29)/b24-12-. The van der Waals surface area contributed by atoms with Gasteiger partial charge in [0.15, 0.2) is 6.61 Å². The quantitative estimate of drug-likeness (QED) is 0.310. The van der Waals surface area contributed by atoms with Gasteiger partial charge in [-0.3, -0.25) is 14.4 Å². The van der Waals surface area contributed by atoms with Crippen molar-refractivity contribution in [1.29, 1.82) is 0 Å². The van der Waals surface area contributed by atoms with E-state index in [1.807, 2.05) is 26.0 Å².